The highest BCUT2D eigenvalue weighted by Gasteiger charge is 2.29. The average molecular weight is 234 g/mol. The molecule has 3 heterocycles. The van der Waals surface area contributed by atoms with Gasteiger partial charge in [-0.15, -0.1) is 0 Å². The Labute approximate surface area is 101 Å². The van der Waals surface area contributed by atoms with Gasteiger partial charge in [0.2, 0.25) is 5.95 Å². The van der Waals surface area contributed by atoms with Crippen LogP contribution < -0.4 is 4.90 Å². The Balaban J connectivity index is 1.60. The van der Waals surface area contributed by atoms with Crippen LogP contribution >= 0.6 is 0 Å². The van der Waals surface area contributed by atoms with Crippen molar-refractivity contribution >= 4 is 5.95 Å². The highest BCUT2D eigenvalue weighted by molar-refractivity contribution is 5.30. The number of anilines is 1. The van der Waals surface area contributed by atoms with Crippen LogP contribution in [0.1, 0.15) is 5.69 Å². The Kier molecular flexibility index (Phi) is 2.94. The van der Waals surface area contributed by atoms with Crippen LogP contribution in [0.5, 0.6) is 0 Å². The fourth-order valence-corrected chi connectivity index (χ4v) is 2.31. The number of piperazine rings is 1. The van der Waals surface area contributed by atoms with Crippen molar-refractivity contribution in [1.29, 1.82) is 0 Å². The number of ether oxygens (including phenoxy) is 1. The van der Waals surface area contributed by atoms with E-state index in [9.17, 15) is 0 Å². The van der Waals surface area contributed by atoms with Crippen LogP contribution in [0.15, 0.2) is 12.3 Å². The summed E-state index contributed by atoms with van der Waals surface area (Å²) in [6.45, 7) is 8.02. The predicted octanol–water partition coefficient (Wildman–Crippen LogP) is 0.306. The minimum Gasteiger partial charge on any atom is -0.378 e. The van der Waals surface area contributed by atoms with Crippen LogP contribution in [0.4, 0.5) is 5.95 Å². The van der Waals surface area contributed by atoms with Gasteiger partial charge in [0.15, 0.2) is 0 Å². The van der Waals surface area contributed by atoms with Crippen molar-refractivity contribution in [1.82, 2.24) is 14.9 Å². The second kappa shape index (κ2) is 4.58. The highest BCUT2D eigenvalue weighted by Crippen LogP contribution is 2.16. The van der Waals surface area contributed by atoms with Gasteiger partial charge < -0.3 is 9.64 Å². The lowest BCUT2D eigenvalue weighted by Gasteiger charge is -2.42. The van der Waals surface area contributed by atoms with Gasteiger partial charge in [0.1, 0.15) is 0 Å². The fourth-order valence-electron chi connectivity index (χ4n) is 2.31. The number of aryl methyl sites for hydroxylation is 1. The summed E-state index contributed by atoms with van der Waals surface area (Å²) >= 11 is 0. The summed E-state index contributed by atoms with van der Waals surface area (Å²) in [6.07, 6.45) is 1.84. The van der Waals surface area contributed by atoms with Crippen LogP contribution in [0.3, 0.4) is 0 Å². The first-order chi connectivity index (χ1) is 8.33. The lowest BCUT2D eigenvalue weighted by Crippen LogP contribution is -2.56. The zero-order valence-electron chi connectivity index (χ0n) is 10.2. The number of hydrogen-bond donors (Lipinski definition) is 0. The lowest BCUT2D eigenvalue weighted by molar-refractivity contribution is -0.0661. The van der Waals surface area contributed by atoms with Crippen molar-refractivity contribution in [2.24, 2.45) is 0 Å². The third-order valence-corrected chi connectivity index (χ3v) is 3.52. The molecular weight excluding hydrogens is 216 g/mol. The smallest absolute Gasteiger partial charge is 0.225 e. The maximum Gasteiger partial charge on any atom is 0.225 e. The molecule has 1 aromatic heterocycles. The molecule has 92 valence electrons. The quantitative estimate of drug-likeness (QED) is 0.736. The standard InChI is InChI=1S/C12H18N4O/c1-10-2-3-13-12(14-10)16-6-4-15(5-7-16)11-8-17-9-11/h2-3,11H,4-9H2,1H3. The molecule has 3 rings (SSSR count). The normalized spacial score (nSPS) is 22.5. The van der Waals surface area contributed by atoms with Crippen molar-refractivity contribution in [2.45, 2.75) is 13.0 Å². The minimum atomic E-state index is 0.649. The minimum absolute atomic E-state index is 0.649. The Bertz CT molecular complexity index is 386. The summed E-state index contributed by atoms with van der Waals surface area (Å²) in [4.78, 5) is 13.6. The summed E-state index contributed by atoms with van der Waals surface area (Å²) in [7, 11) is 0. The van der Waals surface area contributed by atoms with E-state index in [0.717, 1.165) is 51.0 Å². The third-order valence-electron chi connectivity index (χ3n) is 3.52. The van der Waals surface area contributed by atoms with E-state index in [2.05, 4.69) is 19.8 Å². The van der Waals surface area contributed by atoms with E-state index in [-0.39, 0.29) is 0 Å². The molecule has 0 aliphatic carbocycles. The monoisotopic (exact) mass is 234 g/mol. The van der Waals surface area contributed by atoms with Crippen LogP contribution in [0, 0.1) is 6.92 Å². The second-order valence-corrected chi connectivity index (χ2v) is 4.71. The third kappa shape index (κ3) is 2.25. The number of aromatic nitrogens is 2. The van der Waals surface area contributed by atoms with Gasteiger partial charge in [-0.3, -0.25) is 4.90 Å². The molecule has 0 saturated carbocycles. The van der Waals surface area contributed by atoms with E-state index >= 15 is 0 Å². The summed E-state index contributed by atoms with van der Waals surface area (Å²) in [6, 6.07) is 2.58. The number of nitrogens with zero attached hydrogens (tertiary/aromatic N) is 4. The topological polar surface area (TPSA) is 41.5 Å². The summed E-state index contributed by atoms with van der Waals surface area (Å²) in [5.74, 6) is 0.870. The Morgan fingerprint density at radius 3 is 2.59 bits per heavy atom. The maximum atomic E-state index is 5.24. The van der Waals surface area contributed by atoms with Crippen molar-refractivity contribution in [3.8, 4) is 0 Å². The van der Waals surface area contributed by atoms with E-state index in [4.69, 9.17) is 4.74 Å². The van der Waals surface area contributed by atoms with Crippen LogP contribution in [-0.2, 0) is 4.74 Å². The average Bonchev–Trinajstić information content (AvgIpc) is 2.28. The molecule has 5 nitrogen and oxygen atoms in total. The molecule has 2 fully saturated rings. The van der Waals surface area contributed by atoms with Crippen LogP contribution in [0.25, 0.3) is 0 Å². The van der Waals surface area contributed by atoms with Gasteiger partial charge in [-0.1, -0.05) is 0 Å². The number of rotatable bonds is 2. The molecule has 17 heavy (non-hydrogen) atoms. The molecule has 1 aromatic rings. The molecular formula is C12H18N4O. The predicted molar refractivity (Wildman–Crippen MR) is 65.2 cm³/mol. The molecule has 0 bridgehead atoms. The Morgan fingerprint density at radius 2 is 2.00 bits per heavy atom. The number of hydrogen-bond acceptors (Lipinski definition) is 5. The van der Waals surface area contributed by atoms with Gasteiger partial charge in [0.05, 0.1) is 19.3 Å². The zero-order chi connectivity index (χ0) is 11.7. The van der Waals surface area contributed by atoms with Crippen LogP contribution in [-0.4, -0.2) is 60.3 Å². The molecule has 0 unspecified atom stereocenters. The van der Waals surface area contributed by atoms with Crippen molar-refractivity contribution < 1.29 is 4.74 Å². The SMILES string of the molecule is Cc1ccnc(N2CCN(C3COC3)CC2)n1. The van der Waals surface area contributed by atoms with Gasteiger partial charge in [0.25, 0.3) is 0 Å². The molecule has 2 aliphatic heterocycles. The van der Waals surface area contributed by atoms with E-state index in [1.165, 1.54) is 0 Å². The highest BCUT2D eigenvalue weighted by atomic mass is 16.5. The van der Waals surface area contributed by atoms with Gasteiger partial charge in [-0.2, -0.15) is 0 Å². The molecule has 2 saturated heterocycles. The van der Waals surface area contributed by atoms with Crippen LogP contribution in [0.2, 0.25) is 0 Å². The lowest BCUT2D eigenvalue weighted by atomic mass is 10.2. The molecule has 0 amide bonds. The maximum absolute atomic E-state index is 5.24. The Morgan fingerprint density at radius 1 is 1.24 bits per heavy atom. The first-order valence-electron chi connectivity index (χ1n) is 6.19. The summed E-state index contributed by atoms with van der Waals surface area (Å²) < 4.78 is 5.24. The molecule has 2 aliphatic rings. The first kappa shape index (κ1) is 10.9. The summed E-state index contributed by atoms with van der Waals surface area (Å²) in [5.41, 5.74) is 1.03. The van der Waals surface area contributed by atoms with Crippen molar-refractivity contribution in [2.75, 3.05) is 44.3 Å². The van der Waals surface area contributed by atoms with Gasteiger partial charge in [0, 0.05) is 38.1 Å². The van der Waals surface area contributed by atoms with E-state index in [0.29, 0.717) is 6.04 Å². The zero-order valence-corrected chi connectivity index (χ0v) is 10.2. The van der Waals surface area contributed by atoms with Crippen molar-refractivity contribution in [3.05, 3.63) is 18.0 Å². The molecule has 0 N–H and O–H groups in total. The van der Waals surface area contributed by atoms with E-state index in [1.807, 2.05) is 19.2 Å². The van der Waals surface area contributed by atoms with E-state index in [1.54, 1.807) is 0 Å². The first-order valence-corrected chi connectivity index (χ1v) is 6.19. The molecule has 0 spiro atoms. The Hall–Kier alpha value is -1.20. The molecule has 0 radical (unpaired) electrons. The summed E-state index contributed by atoms with van der Waals surface area (Å²) in [5, 5.41) is 0. The fraction of sp³-hybridized carbons (Fsp3) is 0.667. The van der Waals surface area contributed by atoms with Crippen molar-refractivity contribution in [3.63, 3.8) is 0 Å². The van der Waals surface area contributed by atoms with E-state index < -0.39 is 0 Å². The molecule has 5 heteroatoms. The molecule has 0 atom stereocenters. The molecule has 0 aromatic carbocycles. The van der Waals surface area contributed by atoms with Gasteiger partial charge in [-0.25, -0.2) is 9.97 Å². The van der Waals surface area contributed by atoms with Gasteiger partial charge >= 0.3 is 0 Å². The van der Waals surface area contributed by atoms with Gasteiger partial charge in [-0.05, 0) is 13.0 Å². The second-order valence-electron chi connectivity index (χ2n) is 4.71. The largest absolute Gasteiger partial charge is 0.378 e.